The van der Waals surface area contributed by atoms with E-state index in [4.69, 9.17) is 16.5 Å². The summed E-state index contributed by atoms with van der Waals surface area (Å²) in [6, 6.07) is 16.8. The van der Waals surface area contributed by atoms with E-state index in [1.165, 1.54) is 0 Å². The minimum Gasteiger partial charge on any atom is -0.677 e. The van der Waals surface area contributed by atoms with Crippen molar-refractivity contribution < 1.29 is 18.8 Å². The zero-order valence-corrected chi connectivity index (χ0v) is 20.0. The van der Waals surface area contributed by atoms with Gasteiger partial charge in [-0.2, -0.15) is 13.1 Å². The summed E-state index contributed by atoms with van der Waals surface area (Å²) < 4.78 is 0. The number of hydrogen-bond donors (Lipinski definition) is 1. The molecule has 4 rings (SSSR count). The molecule has 0 spiro atoms. The number of halogens is 1. The zero-order valence-electron chi connectivity index (χ0n) is 17.0. The van der Waals surface area contributed by atoms with Gasteiger partial charge in [-0.05, 0) is 38.6 Å². The molecule has 1 aliphatic rings. The van der Waals surface area contributed by atoms with Gasteiger partial charge in [-0.1, -0.05) is 48.7 Å². The first kappa shape index (κ1) is 24.5. The Morgan fingerprint density at radius 2 is 1.63 bits per heavy atom. The van der Waals surface area contributed by atoms with Crippen LogP contribution in [0.3, 0.4) is 0 Å². The molecular weight excluding hydrogens is 579 g/mol. The van der Waals surface area contributed by atoms with Crippen molar-refractivity contribution in [2.45, 2.75) is 25.8 Å². The van der Waals surface area contributed by atoms with Crippen molar-refractivity contribution in [3.05, 3.63) is 65.4 Å². The molecule has 1 aliphatic heterocycles. The largest absolute Gasteiger partial charge is 0.677 e. The zero-order chi connectivity index (χ0) is 21.9. The number of nitrogens with one attached hydrogen (secondary N) is 3. The number of fused-ring (bicyclic) bond motifs is 2. The van der Waals surface area contributed by atoms with Crippen molar-refractivity contribution in [3.63, 3.8) is 0 Å². The molecule has 0 radical (unpaired) electrons. The molecule has 3 aromatic rings. The Labute approximate surface area is 193 Å². The number of hydrogen-bond acceptors (Lipinski definition) is 2. The SMILES string of the molecule is CC(=[N-])N1CC[C@H](Nc2c3ccccc3nc3ccccc23)C1.[Cl][Pt].[NH-]CCC[NH-]. The maximum Gasteiger partial charge on any atom is -0.0916 e. The van der Waals surface area contributed by atoms with Crippen LogP contribution in [0.2, 0.25) is 0 Å². The number of pyridine rings is 1. The number of likely N-dealkylation sites (tertiary alicyclic amines) is 1. The molecule has 1 saturated heterocycles. The predicted octanol–water partition coefficient (Wildman–Crippen LogP) is 6.03. The molecule has 2 aromatic carbocycles. The third-order valence-electron chi connectivity index (χ3n) is 4.94. The van der Waals surface area contributed by atoms with E-state index < -0.39 is 0 Å². The molecule has 1 atom stereocenters. The van der Waals surface area contributed by atoms with Crippen LogP contribution in [0.25, 0.3) is 38.7 Å². The first-order valence-corrected chi connectivity index (χ1v) is 12.7. The van der Waals surface area contributed by atoms with Gasteiger partial charge in [-0.25, -0.2) is 4.98 Å². The third kappa shape index (κ3) is 6.39. The minimum absolute atomic E-state index is 0.325. The van der Waals surface area contributed by atoms with E-state index in [0.29, 0.717) is 25.0 Å². The molecule has 6 nitrogen and oxygen atoms in total. The average Bonchev–Trinajstić information content (AvgIpc) is 3.25. The quantitative estimate of drug-likeness (QED) is 0.223. The smallest absolute Gasteiger partial charge is 0.0916 e. The van der Waals surface area contributed by atoms with E-state index in [1.54, 1.807) is 25.7 Å². The fourth-order valence-corrected chi connectivity index (χ4v) is 3.46. The molecule has 1 aromatic heterocycles. The van der Waals surface area contributed by atoms with Crippen molar-refractivity contribution in [3.8, 4) is 0 Å². The summed E-state index contributed by atoms with van der Waals surface area (Å²) in [5.41, 5.74) is 16.1. The van der Waals surface area contributed by atoms with Crippen LogP contribution in [0, 0.1) is 0 Å². The average molecular weight is 606 g/mol. The fourth-order valence-electron chi connectivity index (χ4n) is 3.46. The Bertz CT molecular complexity index is 895. The Hall–Kier alpha value is -1.72. The molecule has 3 N–H and O–H groups in total. The number of benzene rings is 2. The second-order valence-corrected chi connectivity index (χ2v) is 7.00. The number of amidine groups is 1. The maximum absolute atomic E-state index is 9.68. The Kier molecular flexibility index (Phi) is 10.5. The summed E-state index contributed by atoms with van der Waals surface area (Å²) in [7, 11) is 4.61. The van der Waals surface area contributed by atoms with Gasteiger partial charge in [-0.15, -0.1) is 0 Å². The van der Waals surface area contributed by atoms with Crippen molar-refractivity contribution >= 4 is 42.7 Å². The number of para-hydroxylation sites is 2. The molecule has 0 aliphatic carbocycles. The van der Waals surface area contributed by atoms with Crippen LogP contribution in [-0.2, 0) is 18.8 Å². The van der Waals surface area contributed by atoms with Crippen LogP contribution in [0.1, 0.15) is 19.8 Å². The monoisotopic (exact) mass is 605 g/mol. The Morgan fingerprint density at radius 1 is 1.10 bits per heavy atom. The second kappa shape index (κ2) is 12.9. The van der Waals surface area contributed by atoms with E-state index >= 15 is 0 Å². The summed E-state index contributed by atoms with van der Waals surface area (Å²) in [6.45, 7) is 4.28. The number of anilines is 1. The van der Waals surface area contributed by atoms with Crippen molar-refractivity contribution in [2.75, 3.05) is 31.5 Å². The fraction of sp³-hybridized carbons (Fsp3) is 0.364. The van der Waals surface area contributed by atoms with E-state index in [-0.39, 0.29) is 0 Å². The predicted molar refractivity (Wildman–Crippen MR) is 126 cm³/mol. The number of nitrogens with zero attached hydrogens (tertiary/aromatic N) is 3. The standard InChI is InChI=1S/C19H19N4.C3H8N2.ClH.Pt/c1-13(20)23-11-10-14(12-23)21-19-15-6-2-4-8-17(15)22-18-9-5-3-7-16(18)19;4-2-1-3-5;;/h2-9,14H,10-12H2,1H3,(H,21,22);4-5H,1-3H2;1H;/q-1;-2;;+1/p-1/t14-;;;/m0.../s1. The topological polar surface area (TPSA) is 98.1 Å². The van der Waals surface area contributed by atoms with Gasteiger partial charge in [0.05, 0.1) is 16.7 Å². The molecule has 0 saturated carbocycles. The second-order valence-electron chi connectivity index (χ2n) is 7.00. The molecular formula is C22H27ClN6Pt-3. The molecule has 0 unspecified atom stereocenters. The van der Waals surface area contributed by atoms with Gasteiger partial charge in [0, 0.05) is 16.8 Å². The summed E-state index contributed by atoms with van der Waals surface area (Å²) in [6.07, 6.45) is 1.74. The summed E-state index contributed by atoms with van der Waals surface area (Å²) in [5.74, 6) is 0.402. The van der Waals surface area contributed by atoms with Gasteiger partial charge in [0.2, 0.25) is 0 Å². The van der Waals surface area contributed by atoms with Gasteiger partial charge >= 0.3 is 28.2 Å². The van der Waals surface area contributed by atoms with Gasteiger partial charge in [0.1, 0.15) is 0 Å². The summed E-state index contributed by atoms with van der Waals surface area (Å²) in [4.78, 5) is 6.78. The minimum atomic E-state index is 0.325. The van der Waals surface area contributed by atoms with Gasteiger partial charge in [0.25, 0.3) is 0 Å². The molecule has 8 heteroatoms. The Morgan fingerprint density at radius 3 is 2.07 bits per heavy atom. The van der Waals surface area contributed by atoms with Crippen LogP contribution < -0.4 is 5.32 Å². The van der Waals surface area contributed by atoms with Gasteiger partial charge < -0.3 is 27.1 Å². The van der Waals surface area contributed by atoms with Crippen molar-refractivity contribution in [1.29, 1.82) is 0 Å². The van der Waals surface area contributed by atoms with Crippen molar-refractivity contribution in [2.24, 2.45) is 0 Å². The van der Waals surface area contributed by atoms with Crippen molar-refractivity contribution in [1.82, 2.24) is 9.88 Å². The summed E-state index contributed by atoms with van der Waals surface area (Å²) >= 11 is 1.61. The molecule has 0 amide bonds. The van der Waals surface area contributed by atoms with E-state index in [2.05, 4.69) is 51.1 Å². The van der Waals surface area contributed by atoms with E-state index in [0.717, 1.165) is 53.4 Å². The maximum atomic E-state index is 9.68. The number of rotatable bonds is 4. The van der Waals surface area contributed by atoms with Crippen LogP contribution >= 0.6 is 9.42 Å². The van der Waals surface area contributed by atoms with Gasteiger partial charge in [0.15, 0.2) is 0 Å². The van der Waals surface area contributed by atoms with E-state index in [9.17, 15) is 5.41 Å². The van der Waals surface area contributed by atoms with Gasteiger partial charge in [-0.3, -0.25) is 0 Å². The van der Waals surface area contributed by atoms with Crippen LogP contribution in [0.5, 0.6) is 0 Å². The van der Waals surface area contributed by atoms with Crippen LogP contribution in [0.4, 0.5) is 5.69 Å². The molecule has 0 bridgehead atoms. The molecule has 2 heterocycles. The Balaban J connectivity index is 0.000000404. The third-order valence-corrected chi connectivity index (χ3v) is 4.94. The molecule has 30 heavy (non-hydrogen) atoms. The first-order valence-electron chi connectivity index (χ1n) is 9.86. The van der Waals surface area contributed by atoms with E-state index in [1.807, 2.05) is 17.0 Å². The molecule has 165 valence electrons. The normalized spacial score (nSPS) is 15.3. The van der Waals surface area contributed by atoms with Crippen LogP contribution in [0.15, 0.2) is 48.5 Å². The summed E-state index contributed by atoms with van der Waals surface area (Å²) in [5, 5.41) is 15.7. The van der Waals surface area contributed by atoms with Crippen LogP contribution in [-0.4, -0.2) is 47.9 Å². The number of aromatic nitrogens is 1. The first-order chi connectivity index (χ1) is 14.6. The molecule has 1 fully saturated rings.